The lowest BCUT2D eigenvalue weighted by atomic mass is 10.2. The number of carbonyl (C=O) groups is 1. The molecule has 0 heterocycles. The SMILES string of the molecule is CN(c1ccccc1)S(=O)(=O)CCC(=O)Nc1ccc(C(F)(F)F)cc1. The average molecular weight is 386 g/mol. The Kier molecular flexibility index (Phi) is 5.91. The second-order valence-electron chi connectivity index (χ2n) is 5.49. The summed E-state index contributed by atoms with van der Waals surface area (Å²) in [5, 5.41) is 2.38. The first-order valence-corrected chi connectivity index (χ1v) is 9.19. The molecule has 9 heteroatoms. The van der Waals surface area contributed by atoms with E-state index in [2.05, 4.69) is 5.32 Å². The number of anilines is 2. The minimum absolute atomic E-state index is 0.164. The fourth-order valence-electron chi connectivity index (χ4n) is 2.12. The maximum Gasteiger partial charge on any atom is 0.416 e. The lowest BCUT2D eigenvalue weighted by Gasteiger charge is -2.19. The molecule has 1 N–H and O–H groups in total. The molecule has 2 aromatic carbocycles. The van der Waals surface area contributed by atoms with Gasteiger partial charge in [-0.15, -0.1) is 0 Å². The topological polar surface area (TPSA) is 66.5 Å². The monoisotopic (exact) mass is 386 g/mol. The van der Waals surface area contributed by atoms with E-state index in [0.717, 1.165) is 28.6 Å². The summed E-state index contributed by atoms with van der Waals surface area (Å²) in [6.07, 6.45) is -4.78. The van der Waals surface area contributed by atoms with Gasteiger partial charge in [-0.2, -0.15) is 13.2 Å². The van der Waals surface area contributed by atoms with Crippen LogP contribution >= 0.6 is 0 Å². The number of para-hydroxylation sites is 1. The van der Waals surface area contributed by atoms with Crippen LogP contribution in [-0.4, -0.2) is 27.1 Å². The van der Waals surface area contributed by atoms with E-state index in [0.29, 0.717) is 5.69 Å². The van der Waals surface area contributed by atoms with Gasteiger partial charge in [-0.25, -0.2) is 8.42 Å². The van der Waals surface area contributed by atoms with E-state index in [4.69, 9.17) is 0 Å². The Morgan fingerprint density at radius 1 is 1.04 bits per heavy atom. The van der Waals surface area contributed by atoms with Crippen LogP contribution in [0.4, 0.5) is 24.5 Å². The van der Waals surface area contributed by atoms with E-state index in [9.17, 15) is 26.4 Å². The second kappa shape index (κ2) is 7.77. The first-order chi connectivity index (χ1) is 12.1. The van der Waals surface area contributed by atoms with Crippen LogP contribution in [0, 0.1) is 0 Å². The maximum atomic E-state index is 12.5. The molecular formula is C17H17F3N2O3S. The van der Waals surface area contributed by atoms with Crippen LogP contribution in [0.1, 0.15) is 12.0 Å². The normalized spacial score (nSPS) is 11.8. The van der Waals surface area contributed by atoms with Gasteiger partial charge in [-0.3, -0.25) is 9.10 Å². The Morgan fingerprint density at radius 3 is 2.15 bits per heavy atom. The fraction of sp³-hybridized carbons (Fsp3) is 0.235. The minimum Gasteiger partial charge on any atom is -0.326 e. The van der Waals surface area contributed by atoms with Crippen LogP contribution in [0.2, 0.25) is 0 Å². The van der Waals surface area contributed by atoms with E-state index < -0.39 is 33.4 Å². The van der Waals surface area contributed by atoms with Gasteiger partial charge in [0.15, 0.2) is 0 Å². The standard InChI is InChI=1S/C17H17F3N2O3S/c1-22(15-5-3-2-4-6-15)26(24,25)12-11-16(23)21-14-9-7-13(8-10-14)17(18,19)20/h2-10H,11-12H2,1H3,(H,21,23). The number of alkyl halides is 3. The van der Waals surface area contributed by atoms with Crippen molar-refractivity contribution in [2.75, 3.05) is 22.4 Å². The smallest absolute Gasteiger partial charge is 0.326 e. The third-order valence-corrected chi connectivity index (χ3v) is 5.39. The molecule has 140 valence electrons. The number of sulfonamides is 1. The molecule has 2 aromatic rings. The number of rotatable bonds is 6. The number of nitrogens with zero attached hydrogens (tertiary/aromatic N) is 1. The Morgan fingerprint density at radius 2 is 1.62 bits per heavy atom. The Labute approximate surface area is 149 Å². The van der Waals surface area contributed by atoms with Gasteiger partial charge in [0.2, 0.25) is 15.9 Å². The Balaban J connectivity index is 1.94. The van der Waals surface area contributed by atoms with Gasteiger partial charge in [-0.1, -0.05) is 18.2 Å². The highest BCUT2D eigenvalue weighted by atomic mass is 32.2. The lowest BCUT2D eigenvalue weighted by molar-refractivity contribution is -0.137. The quantitative estimate of drug-likeness (QED) is 0.826. The lowest BCUT2D eigenvalue weighted by Crippen LogP contribution is -2.30. The van der Waals surface area contributed by atoms with Gasteiger partial charge in [0, 0.05) is 19.2 Å². The molecule has 0 aromatic heterocycles. The average Bonchev–Trinajstić information content (AvgIpc) is 2.60. The van der Waals surface area contributed by atoms with Crippen molar-refractivity contribution in [1.29, 1.82) is 0 Å². The number of hydrogen-bond donors (Lipinski definition) is 1. The van der Waals surface area contributed by atoms with Crippen molar-refractivity contribution in [3.63, 3.8) is 0 Å². The summed E-state index contributed by atoms with van der Waals surface area (Å²) >= 11 is 0. The fourth-order valence-corrected chi connectivity index (χ4v) is 3.28. The highest BCUT2D eigenvalue weighted by molar-refractivity contribution is 7.92. The molecule has 5 nitrogen and oxygen atoms in total. The number of carbonyl (C=O) groups excluding carboxylic acids is 1. The molecular weight excluding hydrogens is 369 g/mol. The van der Waals surface area contributed by atoms with Crippen LogP contribution in [0.15, 0.2) is 54.6 Å². The summed E-state index contributed by atoms with van der Waals surface area (Å²) in [7, 11) is -2.32. The van der Waals surface area contributed by atoms with Gasteiger partial charge in [0.1, 0.15) is 0 Å². The molecule has 26 heavy (non-hydrogen) atoms. The largest absolute Gasteiger partial charge is 0.416 e. The number of nitrogens with one attached hydrogen (secondary N) is 1. The minimum atomic E-state index is -4.46. The number of hydrogen-bond acceptors (Lipinski definition) is 3. The zero-order valence-electron chi connectivity index (χ0n) is 13.8. The molecule has 0 atom stereocenters. The molecule has 0 fully saturated rings. The molecule has 0 saturated carbocycles. The highest BCUT2D eigenvalue weighted by Crippen LogP contribution is 2.29. The van der Waals surface area contributed by atoms with Crippen molar-refractivity contribution < 1.29 is 26.4 Å². The molecule has 0 unspecified atom stereocenters. The third kappa shape index (κ3) is 5.22. The Bertz CT molecular complexity index is 851. The maximum absolute atomic E-state index is 12.5. The van der Waals surface area contributed by atoms with Crippen molar-refractivity contribution >= 4 is 27.3 Å². The van der Waals surface area contributed by atoms with Crippen molar-refractivity contribution in [3.05, 3.63) is 60.2 Å². The summed E-state index contributed by atoms with van der Waals surface area (Å²) < 4.78 is 63.1. The molecule has 0 saturated heterocycles. The summed E-state index contributed by atoms with van der Waals surface area (Å²) in [6, 6.07) is 12.3. The molecule has 2 rings (SSSR count). The van der Waals surface area contributed by atoms with Crippen LogP contribution in [0.3, 0.4) is 0 Å². The third-order valence-electron chi connectivity index (χ3n) is 3.62. The first kappa shape index (κ1) is 19.8. The first-order valence-electron chi connectivity index (χ1n) is 7.58. The van der Waals surface area contributed by atoms with Crippen molar-refractivity contribution in [2.45, 2.75) is 12.6 Å². The van der Waals surface area contributed by atoms with Gasteiger partial charge < -0.3 is 5.32 Å². The van der Waals surface area contributed by atoms with Gasteiger partial charge >= 0.3 is 6.18 Å². The Hall–Kier alpha value is -2.55. The zero-order chi connectivity index (χ0) is 19.4. The second-order valence-corrected chi connectivity index (χ2v) is 7.61. The summed E-state index contributed by atoms with van der Waals surface area (Å²) in [4.78, 5) is 11.9. The van der Waals surface area contributed by atoms with Gasteiger partial charge in [0.05, 0.1) is 17.0 Å². The molecule has 0 aliphatic rings. The van der Waals surface area contributed by atoms with Gasteiger partial charge in [0.25, 0.3) is 0 Å². The molecule has 1 amide bonds. The van der Waals surface area contributed by atoms with Gasteiger partial charge in [-0.05, 0) is 36.4 Å². The zero-order valence-corrected chi connectivity index (χ0v) is 14.6. The predicted octanol–water partition coefficient (Wildman–Crippen LogP) is 3.50. The molecule has 0 aliphatic carbocycles. The molecule has 0 bridgehead atoms. The summed E-state index contributed by atoms with van der Waals surface area (Å²) in [6.45, 7) is 0. The summed E-state index contributed by atoms with van der Waals surface area (Å²) in [5.74, 6) is -1.03. The van der Waals surface area contributed by atoms with Crippen molar-refractivity contribution in [1.82, 2.24) is 0 Å². The highest BCUT2D eigenvalue weighted by Gasteiger charge is 2.30. The number of halogens is 3. The number of benzene rings is 2. The predicted molar refractivity (Wildman–Crippen MR) is 93.3 cm³/mol. The van der Waals surface area contributed by atoms with Crippen molar-refractivity contribution in [3.8, 4) is 0 Å². The van der Waals surface area contributed by atoms with E-state index >= 15 is 0 Å². The van der Waals surface area contributed by atoms with Crippen LogP contribution < -0.4 is 9.62 Å². The van der Waals surface area contributed by atoms with E-state index in [1.54, 1.807) is 30.3 Å². The van der Waals surface area contributed by atoms with Crippen LogP contribution in [0.25, 0.3) is 0 Å². The van der Waals surface area contributed by atoms with E-state index in [1.165, 1.54) is 7.05 Å². The van der Waals surface area contributed by atoms with E-state index in [1.807, 2.05) is 0 Å². The van der Waals surface area contributed by atoms with Crippen LogP contribution in [0.5, 0.6) is 0 Å². The van der Waals surface area contributed by atoms with Crippen LogP contribution in [-0.2, 0) is 21.0 Å². The van der Waals surface area contributed by atoms with E-state index in [-0.39, 0.29) is 12.1 Å². The molecule has 0 aliphatic heterocycles. The summed E-state index contributed by atoms with van der Waals surface area (Å²) in [5.41, 5.74) is -0.199. The van der Waals surface area contributed by atoms with Crippen molar-refractivity contribution in [2.24, 2.45) is 0 Å². The molecule has 0 spiro atoms. The number of amides is 1. The molecule has 0 radical (unpaired) electrons.